The molecule has 1 rings (SSSR count). The Hall–Kier alpha value is -0.620. The van der Waals surface area contributed by atoms with Gasteiger partial charge in [0.05, 0.1) is 0 Å². The molecule has 4 nitrogen and oxygen atoms in total. The Morgan fingerprint density at radius 1 is 1.50 bits per heavy atom. The van der Waals surface area contributed by atoms with Gasteiger partial charge in [-0.05, 0) is 33.8 Å². The quantitative estimate of drug-likeness (QED) is 0.619. The van der Waals surface area contributed by atoms with Crippen molar-refractivity contribution < 1.29 is 4.55 Å². The van der Waals surface area contributed by atoms with E-state index in [9.17, 15) is 4.55 Å². The van der Waals surface area contributed by atoms with Crippen LogP contribution in [0.2, 0.25) is 0 Å². The average Bonchev–Trinajstić information content (AvgIpc) is 2.16. The van der Waals surface area contributed by atoms with Crippen molar-refractivity contribution >= 4 is 11.4 Å². The van der Waals surface area contributed by atoms with Crippen LogP contribution in [0.1, 0.15) is 38.2 Å². The zero-order valence-electron chi connectivity index (χ0n) is 10.2. The number of hydrogen-bond donors (Lipinski definition) is 2. The first-order chi connectivity index (χ1) is 7.32. The summed E-state index contributed by atoms with van der Waals surface area (Å²) >= 11 is -1.18. The maximum Gasteiger partial charge on any atom is 0.137 e. The van der Waals surface area contributed by atoms with E-state index in [2.05, 4.69) is 9.71 Å². The van der Waals surface area contributed by atoms with Crippen LogP contribution < -0.4 is 10.5 Å². The molecule has 0 amide bonds. The minimum atomic E-state index is -1.18. The van der Waals surface area contributed by atoms with Gasteiger partial charge in [0.1, 0.15) is 10.9 Å². The maximum absolute atomic E-state index is 11.9. The number of aryl methyl sites for hydroxylation is 1. The van der Waals surface area contributed by atoms with E-state index in [0.29, 0.717) is 0 Å². The molecule has 0 fully saturated rings. The Labute approximate surface area is 100.0 Å². The summed E-state index contributed by atoms with van der Waals surface area (Å²) in [4.78, 5) is 4.15. The van der Waals surface area contributed by atoms with Crippen LogP contribution in [0.5, 0.6) is 0 Å². The zero-order chi connectivity index (χ0) is 12.3. The predicted molar refractivity (Wildman–Crippen MR) is 66.9 cm³/mol. The highest BCUT2D eigenvalue weighted by molar-refractivity contribution is 7.90. The molecule has 0 saturated heterocycles. The Morgan fingerprint density at radius 3 is 2.62 bits per heavy atom. The van der Waals surface area contributed by atoms with E-state index < -0.39 is 17.5 Å². The lowest BCUT2D eigenvalue weighted by atomic mass is 10.2. The summed E-state index contributed by atoms with van der Waals surface area (Å²) in [6.45, 7) is 7.59. The fourth-order valence-corrected chi connectivity index (χ4v) is 1.89. The summed E-state index contributed by atoms with van der Waals surface area (Å²) in [5.74, 6) is 0. The van der Waals surface area contributed by atoms with Crippen LogP contribution in [0.25, 0.3) is 0 Å². The lowest BCUT2D eigenvalue weighted by Crippen LogP contribution is -2.44. The zero-order valence-corrected chi connectivity index (χ0v) is 11.0. The second kappa shape index (κ2) is 5.14. The molecule has 5 heteroatoms. The maximum atomic E-state index is 11.9. The second-order valence-corrected chi connectivity index (χ2v) is 6.65. The van der Waals surface area contributed by atoms with Crippen LogP contribution in [0, 0.1) is 6.92 Å². The summed E-state index contributed by atoms with van der Waals surface area (Å²) in [5.41, 5.74) is 7.68. The van der Waals surface area contributed by atoms with Gasteiger partial charge in [-0.1, -0.05) is 6.07 Å². The molecule has 1 aromatic heterocycles. The third-order valence-electron chi connectivity index (χ3n) is 2.17. The van der Waals surface area contributed by atoms with Gasteiger partial charge in [0.2, 0.25) is 0 Å². The molecule has 0 aliphatic heterocycles. The van der Waals surface area contributed by atoms with E-state index in [1.54, 1.807) is 6.20 Å². The van der Waals surface area contributed by atoms with Crippen molar-refractivity contribution in [3.05, 3.63) is 29.6 Å². The highest BCUT2D eigenvalue weighted by atomic mass is 32.2. The fraction of sp³-hybridized carbons (Fsp3) is 0.545. The first kappa shape index (κ1) is 13.4. The van der Waals surface area contributed by atoms with Gasteiger partial charge in [-0.3, -0.25) is 4.98 Å². The van der Waals surface area contributed by atoms with Gasteiger partial charge in [-0.15, -0.1) is 4.72 Å². The first-order valence-corrected chi connectivity index (χ1v) is 6.32. The molecule has 0 unspecified atom stereocenters. The van der Waals surface area contributed by atoms with E-state index in [4.69, 9.17) is 5.73 Å². The summed E-state index contributed by atoms with van der Waals surface area (Å²) in [6.07, 6.45) is 1.26. The summed E-state index contributed by atoms with van der Waals surface area (Å²) in [5, 5.41) is 0. The van der Waals surface area contributed by atoms with Gasteiger partial charge in [0.15, 0.2) is 0 Å². The van der Waals surface area contributed by atoms with Crippen molar-refractivity contribution in [2.75, 3.05) is 0 Å². The van der Waals surface area contributed by atoms with E-state index in [1.807, 2.05) is 39.8 Å². The molecule has 0 aliphatic rings. The van der Waals surface area contributed by atoms with Gasteiger partial charge < -0.3 is 10.3 Å². The van der Waals surface area contributed by atoms with E-state index in [0.717, 1.165) is 11.3 Å². The molecular formula is C11H19N3OS. The standard InChI is InChI=1S/C11H19N3OS/c1-8-9(6-5-7-13-8)10(12)14-16(15)11(2,3)4/h5-7,10,14H,12H2,1-4H3/t10-,16-/m0/s1. The van der Waals surface area contributed by atoms with Crippen LogP contribution in [-0.2, 0) is 11.4 Å². The number of nitrogens with one attached hydrogen (secondary N) is 1. The number of nitrogens with two attached hydrogens (primary N) is 1. The van der Waals surface area contributed by atoms with Crippen LogP contribution in [0.3, 0.4) is 0 Å². The molecule has 1 heterocycles. The Morgan fingerprint density at radius 2 is 2.12 bits per heavy atom. The highest BCUT2D eigenvalue weighted by Crippen LogP contribution is 2.18. The molecule has 0 spiro atoms. The normalized spacial score (nSPS) is 15.9. The third kappa shape index (κ3) is 3.45. The fourth-order valence-electron chi connectivity index (χ4n) is 1.18. The molecule has 0 radical (unpaired) electrons. The SMILES string of the molecule is Cc1ncccc1[C@@H](N)N[S@@+]([O-])C(C)(C)C. The number of pyridine rings is 1. The topological polar surface area (TPSA) is 74.0 Å². The predicted octanol–water partition coefficient (Wildman–Crippen LogP) is 1.40. The van der Waals surface area contributed by atoms with Crippen LogP contribution in [-0.4, -0.2) is 14.3 Å². The Kier molecular flexibility index (Phi) is 4.32. The molecule has 1 aromatic rings. The molecule has 0 saturated carbocycles. The van der Waals surface area contributed by atoms with Crippen LogP contribution in [0.15, 0.2) is 18.3 Å². The lowest BCUT2D eigenvalue weighted by Gasteiger charge is -2.26. The first-order valence-electron chi connectivity index (χ1n) is 5.17. The monoisotopic (exact) mass is 241 g/mol. The van der Waals surface area contributed by atoms with Gasteiger partial charge in [-0.2, -0.15) is 0 Å². The average molecular weight is 241 g/mol. The third-order valence-corrected chi connectivity index (χ3v) is 3.75. The van der Waals surface area contributed by atoms with Crippen molar-refractivity contribution in [2.24, 2.45) is 5.73 Å². The van der Waals surface area contributed by atoms with Gasteiger partial charge >= 0.3 is 0 Å². The van der Waals surface area contributed by atoms with Crippen molar-refractivity contribution in [3.63, 3.8) is 0 Å². The molecule has 0 aromatic carbocycles. The van der Waals surface area contributed by atoms with E-state index in [1.165, 1.54) is 0 Å². The number of hydrogen-bond acceptors (Lipinski definition) is 4. The van der Waals surface area contributed by atoms with Crippen molar-refractivity contribution in [3.8, 4) is 0 Å². The molecular weight excluding hydrogens is 222 g/mol. The van der Waals surface area contributed by atoms with Crippen molar-refractivity contribution in [1.82, 2.24) is 9.71 Å². The number of aromatic nitrogens is 1. The molecule has 90 valence electrons. The lowest BCUT2D eigenvalue weighted by molar-refractivity contribution is 0.526. The molecule has 3 N–H and O–H groups in total. The Balaban J connectivity index is 2.73. The Bertz CT molecular complexity index is 351. The van der Waals surface area contributed by atoms with Crippen molar-refractivity contribution in [2.45, 2.75) is 38.6 Å². The second-order valence-electron chi connectivity index (χ2n) is 4.65. The van der Waals surface area contributed by atoms with Crippen molar-refractivity contribution in [1.29, 1.82) is 0 Å². The van der Waals surface area contributed by atoms with Gasteiger partial charge in [0.25, 0.3) is 0 Å². The minimum absolute atomic E-state index is 0.326. The largest absolute Gasteiger partial charge is 0.598 e. The molecule has 16 heavy (non-hydrogen) atoms. The van der Waals surface area contributed by atoms with Crippen LogP contribution in [0.4, 0.5) is 0 Å². The number of nitrogens with zero attached hydrogens (tertiary/aromatic N) is 1. The smallest absolute Gasteiger partial charge is 0.137 e. The minimum Gasteiger partial charge on any atom is -0.598 e. The molecule has 0 bridgehead atoms. The van der Waals surface area contributed by atoms with E-state index >= 15 is 0 Å². The summed E-state index contributed by atoms with van der Waals surface area (Å²) in [6, 6.07) is 3.71. The summed E-state index contributed by atoms with van der Waals surface area (Å²) in [7, 11) is 0. The summed E-state index contributed by atoms with van der Waals surface area (Å²) < 4.78 is 14.4. The van der Waals surface area contributed by atoms with Crippen LogP contribution >= 0.6 is 0 Å². The molecule has 0 aliphatic carbocycles. The molecule has 2 atom stereocenters. The van der Waals surface area contributed by atoms with Gasteiger partial charge in [0, 0.05) is 28.8 Å². The number of rotatable bonds is 3. The highest BCUT2D eigenvalue weighted by Gasteiger charge is 2.28. The van der Waals surface area contributed by atoms with Gasteiger partial charge in [-0.25, -0.2) is 0 Å². The van der Waals surface area contributed by atoms with E-state index in [-0.39, 0.29) is 4.75 Å².